The van der Waals surface area contributed by atoms with Crippen LogP contribution in [0.3, 0.4) is 0 Å². The molecule has 9 heteroatoms. The van der Waals surface area contributed by atoms with Crippen molar-refractivity contribution in [2.24, 2.45) is 0 Å². The maximum atomic E-state index is 11.7. The van der Waals surface area contributed by atoms with Crippen molar-refractivity contribution in [3.8, 4) is 22.5 Å². The molecule has 8 nitrogen and oxygen atoms in total. The minimum Gasteiger partial charge on any atom is -0.476 e. The Balaban J connectivity index is 1.55. The molecule has 0 saturated heterocycles. The molecular weight excluding hydrogens is 428 g/mol. The smallest absolute Gasteiger partial charge is 0.355 e. The van der Waals surface area contributed by atoms with Gasteiger partial charge in [0.05, 0.1) is 0 Å². The Morgan fingerprint density at radius 1 is 1.09 bits per heavy atom. The van der Waals surface area contributed by atoms with Gasteiger partial charge in [0, 0.05) is 18.5 Å². The zero-order chi connectivity index (χ0) is 22.5. The number of rotatable bonds is 9. The summed E-state index contributed by atoms with van der Waals surface area (Å²) in [6, 6.07) is 16.1. The number of halogens is 1. The van der Waals surface area contributed by atoms with E-state index in [9.17, 15) is 9.90 Å². The van der Waals surface area contributed by atoms with E-state index in [0.29, 0.717) is 25.2 Å². The molecule has 4 aromatic rings. The third kappa shape index (κ3) is 4.55. The lowest BCUT2D eigenvalue weighted by Gasteiger charge is -2.11. The summed E-state index contributed by atoms with van der Waals surface area (Å²) in [5.41, 5.74) is 4.09. The number of hydrogen-bond acceptors (Lipinski definition) is 5. The van der Waals surface area contributed by atoms with Crippen LogP contribution in [0.15, 0.2) is 48.5 Å². The number of imidazole rings is 1. The molecule has 0 spiro atoms. The lowest BCUT2D eigenvalue weighted by Crippen LogP contribution is -2.13. The molecule has 0 radical (unpaired) electrons. The number of benzene rings is 2. The number of unbranched alkanes of at least 4 members (excludes halogenated alkanes) is 1. The van der Waals surface area contributed by atoms with Gasteiger partial charge in [-0.25, -0.2) is 9.78 Å². The van der Waals surface area contributed by atoms with Gasteiger partial charge < -0.3 is 9.67 Å². The summed E-state index contributed by atoms with van der Waals surface area (Å²) in [7, 11) is 0. The van der Waals surface area contributed by atoms with Gasteiger partial charge in [0.25, 0.3) is 0 Å². The van der Waals surface area contributed by atoms with E-state index in [0.717, 1.165) is 40.9 Å². The number of carboxylic acids is 1. The molecular formula is C23H23ClN6O2. The number of aromatic nitrogens is 6. The Labute approximate surface area is 190 Å². The van der Waals surface area contributed by atoms with E-state index in [1.165, 1.54) is 0 Å². The highest BCUT2D eigenvalue weighted by atomic mass is 35.5. The van der Waals surface area contributed by atoms with E-state index in [1.807, 2.05) is 48.5 Å². The van der Waals surface area contributed by atoms with Gasteiger partial charge in [-0.2, -0.15) is 5.21 Å². The molecule has 0 unspecified atom stereocenters. The number of aromatic carboxylic acids is 1. The average molecular weight is 451 g/mol. The summed E-state index contributed by atoms with van der Waals surface area (Å²) < 4.78 is 1.74. The van der Waals surface area contributed by atoms with Gasteiger partial charge in [0.15, 0.2) is 10.8 Å². The molecule has 2 aromatic heterocycles. The molecule has 2 aromatic carbocycles. The number of tetrazole rings is 1. The molecule has 164 valence electrons. The fourth-order valence-electron chi connectivity index (χ4n) is 3.73. The lowest BCUT2D eigenvalue weighted by atomic mass is 9.98. The predicted octanol–water partition coefficient (Wildman–Crippen LogP) is 4.67. The first-order valence-electron chi connectivity index (χ1n) is 10.5. The van der Waals surface area contributed by atoms with E-state index in [1.54, 1.807) is 4.57 Å². The average Bonchev–Trinajstić information content (AvgIpc) is 3.44. The molecule has 2 N–H and O–H groups in total. The number of carbonyl (C=O) groups is 1. The number of aromatic amines is 1. The minimum atomic E-state index is -1.06. The molecule has 0 amide bonds. The van der Waals surface area contributed by atoms with Crippen molar-refractivity contribution in [2.45, 2.75) is 39.2 Å². The van der Waals surface area contributed by atoms with E-state index >= 15 is 0 Å². The highest BCUT2D eigenvalue weighted by Gasteiger charge is 2.21. The maximum absolute atomic E-state index is 11.7. The van der Waals surface area contributed by atoms with Crippen LogP contribution in [0.2, 0.25) is 5.15 Å². The van der Waals surface area contributed by atoms with Crippen molar-refractivity contribution in [3.05, 3.63) is 70.8 Å². The fraction of sp³-hybridized carbons (Fsp3) is 0.261. The van der Waals surface area contributed by atoms with E-state index in [2.05, 4.69) is 32.5 Å². The topological polar surface area (TPSA) is 110 Å². The molecule has 0 bridgehead atoms. The first kappa shape index (κ1) is 21.7. The molecule has 0 saturated carbocycles. The minimum absolute atomic E-state index is 0.0528. The van der Waals surface area contributed by atoms with Crippen molar-refractivity contribution < 1.29 is 9.90 Å². The van der Waals surface area contributed by atoms with Gasteiger partial charge in [0.2, 0.25) is 5.82 Å². The maximum Gasteiger partial charge on any atom is 0.355 e. The zero-order valence-corrected chi connectivity index (χ0v) is 18.4. The molecule has 0 fully saturated rings. The lowest BCUT2D eigenvalue weighted by molar-refractivity contribution is 0.0684. The van der Waals surface area contributed by atoms with Crippen molar-refractivity contribution >= 4 is 17.6 Å². The second kappa shape index (κ2) is 9.74. The van der Waals surface area contributed by atoms with Crippen LogP contribution in [-0.2, 0) is 19.4 Å². The van der Waals surface area contributed by atoms with Gasteiger partial charge in [-0.05, 0) is 34.7 Å². The van der Waals surface area contributed by atoms with Crippen LogP contribution in [0, 0.1) is 0 Å². The van der Waals surface area contributed by atoms with Gasteiger partial charge in [-0.1, -0.05) is 73.5 Å². The number of H-pyrrole nitrogens is 1. The Morgan fingerprint density at radius 2 is 1.84 bits per heavy atom. The van der Waals surface area contributed by atoms with E-state index in [4.69, 9.17) is 11.6 Å². The Morgan fingerprint density at radius 3 is 2.50 bits per heavy atom. The van der Waals surface area contributed by atoms with Crippen molar-refractivity contribution in [1.82, 2.24) is 30.2 Å². The first-order valence-corrected chi connectivity index (χ1v) is 10.9. The van der Waals surface area contributed by atoms with E-state index in [-0.39, 0.29) is 10.8 Å². The Bertz CT molecular complexity index is 1200. The standard InChI is InChI=1S/C23H23ClN6O2/c1-2-3-8-19-25-21(24)20(23(31)32)30(19)14-13-15-9-11-16(12-10-15)17-6-4-5-7-18(17)22-26-28-29-27-22/h4-7,9-12H,2-3,8,13-14H2,1H3,(H,31,32)(H,26,27,28,29). The highest BCUT2D eigenvalue weighted by Crippen LogP contribution is 2.30. The largest absolute Gasteiger partial charge is 0.476 e. The van der Waals surface area contributed by atoms with Crippen LogP contribution in [0.4, 0.5) is 0 Å². The fourth-order valence-corrected chi connectivity index (χ4v) is 4.02. The monoisotopic (exact) mass is 450 g/mol. The quantitative estimate of drug-likeness (QED) is 0.383. The Hall–Kier alpha value is -3.52. The van der Waals surface area contributed by atoms with E-state index < -0.39 is 5.97 Å². The van der Waals surface area contributed by atoms with Gasteiger partial charge in [-0.15, -0.1) is 10.2 Å². The number of nitrogens with one attached hydrogen (secondary N) is 1. The second-order valence-corrected chi connectivity index (χ2v) is 7.81. The third-order valence-electron chi connectivity index (χ3n) is 5.36. The molecule has 0 aliphatic rings. The normalized spacial score (nSPS) is 11.1. The molecule has 0 aliphatic heterocycles. The van der Waals surface area contributed by atoms with Gasteiger partial charge in [0.1, 0.15) is 5.82 Å². The SMILES string of the molecule is CCCCc1nc(Cl)c(C(=O)O)n1CCc1ccc(-c2ccccc2-c2nn[nH]n2)cc1. The van der Waals surface area contributed by atoms with Gasteiger partial charge >= 0.3 is 5.97 Å². The summed E-state index contributed by atoms with van der Waals surface area (Å²) in [5, 5.41) is 24.0. The number of hydrogen-bond donors (Lipinski definition) is 2. The second-order valence-electron chi connectivity index (χ2n) is 7.46. The number of aryl methyl sites for hydroxylation is 2. The van der Waals surface area contributed by atoms with Crippen LogP contribution < -0.4 is 0 Å². The third-order valence-corrected chi connectivity index (χ3v) is 5.63. The summed E-state index contributed by atoms with van der Waals surface area (Å²) in [6.45, 7) is 2.59. The first-order chi connectivity index (χ1) is 15.6. The Kier molecular flexibility index (Phi) is 6.61. The zero-order valence-electron chi connectivity index (χ0n) is 17.6. The molecule has 0 atom stereocenters. The summed E-state index contributed by atoms with van der Waals surface area (Å²) in [4.78, 5) is 16.0. The highest BCUT2D eigenvalue weighted by molar-refractivity contribution is 6.32. The molecule has 0 aliphatic carbocycles. The molecule has 32 heavy (non-hydrogen) atoms. The number of nitrogens with zero attached hydrogens (tertiary/aromatic N) is 5. The van der Waals surface area contributed by atoms with Gasteiger partial charge in [-0.3, -0.25) is 0 Å². The molecule has 4 rings (SSSR count). The van der Waals surface area contributed by atoms with Crippen LogP contribution >= 0.6 is 11.6 Å². The number of carboxylic acid groups (broad SMARTS) is 1. The van der Waals surface area contributed by atoms with Crippen LogP contribution in [0.25, 0.3) is 22.5 Å². The van der Waals surface area contributed by atoms with Crippen LogP contribution in [-0.4, -0.2) is 41.3 Å². The van der Waals surface area contributed by atoms with Crippen molar-refractivity contribution in [2.75, 3.05) is 0 Å². The predicted molar refractivity (Wildman–Crippen MR) is 122 cm³/mol. The van der Waals surface area contributed by atoms with Crippen LogP contribution in [0.1, 0.15) is 41.6 Å². The van der Waals surface area contributed by atoms with Crippen molar-refractivity contribution in [3.63, 3.8) is 0 Å². The van der Waals surface area contributed by atoms with Crippen molar-refractivity contribution in [1.29, 1.82) is 0 Å². The summed E-state index contributed by atoms with van der Waals surface area (Å²) >= 11 is 6.12. The summed E-state index contributed by atoms with van der Waals surface area (Å²) in [6.07, 6.45) is 3.30. The van der Waals surface area contributed by atoms with Crippen LogP contribution in [0.5, 0.6) is 0 Å². The summed E-state index contributed by atoms with van der Waals surface area (Å²) in [5.74, 6) is 0.209. The molecule has 2 heterocycles.